The maximum atomic E-state index is 5.85. The predicted octanol–water partition coefficient (Wildman–Crippen LogP) is 3.30. The second-order valence-corrected chi connectivity index (χ2v) is 4.85. The number of nitrogens with zero attached hydrogens (tertiary/aromatic N) is 3. The Morgan fingerprint density at radius 1 is 1.14 bits per heavy atom. The van der Waals surface area contributed by atoms with Crippen LogP contribution in [-0.2, 0) is 6.42 Å². The molecule has 0 saturated carbocycles. The minimum Gasteiger partial charge on any atom is -0.384 e. The van der Waals surface area contributed by atoms with Crippen LogP contribution in [0.3, 0.4) is 0 Å². The summed E-state index contributed by atoms with van der Waals surface area (Å²) < 4.78 is 0. The van der Waals surface area contributed by atoms with Gasteiger partial charge in [-0.05, 0) is 18.6 Å². The molecule has 0 unspecified atom stereocenters. The highest BCUT2D eigenvalue weighted by Gasteiger charge is 2.06. The number of para-hydroxylation sites is 1. The Bertz CT molecular complexity index is 764. The van der Waals surface area contributed by atoms with Gasteiger partial charge in [0.15, 0.2) is 0 Å². The molecule has 3 N–H and O–H groups in total. The topological polar surface area (TPSA) is 76.7 Å². The van der Waals surface area contributed by atoms with Gasteiger partial charge in [0.25, 0.3) is 0 Å². The summed E-state index contributed by atoms with van der Waals surface area (Å²) >= 11 is 0. The molecule has 2 heterocycles. The highest BCUT2D eigenvalue weighted by atomic mass is 15.1. The van der Waals surface area contributed by atoms with Crippen LogP contribution >= 0.6 is 0 Å². The van der Waals surface area contributed by atoms with Gasteiger partial charge in [0.1, 0.15) is 17.5 Å². The van der Waals surface area contributed by atoms with Gasteiger partial charge < -0.3 is 11.1 Å². The van der Waals surface area contributed by atoms with E-state index < -0.39 is 0 Å². The van der Waals surface area contributed by atoms with Crippen LogP contribution in [0.15, 0.2) is 42.6 Å². The average Bonchev–Trinajstić information content (AvgIpc) is 2.47. The van der Waals surface area contributed by atoms with Crippen molar-refractivity contribution in [2.24, 2.45) is 0 Å². The number of nitrogens with one attached hydrogen (secondary N) is 1. The molecule has 1 aromatic carbocycles. The van der Waals surface area contributed by atoms with E-state index in [0.29, 0.717) is 11.6 Å². The lowest BCUT2D eigenvalue weighted by atomic mass is 10.2. The summed E-state index contributed by atoms with van der Waals surface area (Å²) in [5.41, 5.74) is 7.67. The first-order valence-corrected chi connectivity index (χ1v) is 7.00. The Morgan fingerprint density at radius 3 is 2.86 bits per heavy atom. The lowest BCUT2D eigenvalue weighted by molar-refractivity contribution is 0.839. The van der Waals surface area contributed by atoms with Gasteiger partial charge in [-0.15, -0.1) is 0 Å². The fourth-order valence-electron chi connectivity index (χ4n) is 2.26. The van der Waals surface area contributed by atoms with Gasteiger partial charge in [-0.3, -0.25) is 4.98 Å². The number of hydrogen-bond donors (Lipinski definition) is 2. The van der Waals surface area contributed by atoms with Gasteiger partial charge in [-0.25, -0.2) is 9.97 Å². The molecule has 21 heavy (non-hydrogen) atoms. The molecule has 0 atom stereocenters. The zero-order valence-corrected chi connectivity index (χ0v) is 11.9. The molecule has 0 bridgehead atoms. The summed E-state index contributed by atoms with van der Waals surface area (Å²) in [5, 5.41) is 4.37. The second kappa shape index (κ2) is 5.75. The molecular weight excluding hydrogens is 262 g/mol. The number of benzene rings is 1. The fourth-order valence-corrected chi connectivity index (χ4v) is 2.26. The highest BCUT2D eigenvalue weighted by molar-refractivity contribution is 5.91. The van der Waals surface area contributed by atoms with E-state index in [4.69, 9.17) is 5.73 Å². The monoisotopic (exact) mass is 279 g/mol. The van der Waals surface area contributed by atoms with E-state index in [0.717, 1.165) is 35.3 Å². The van der Waals surface area contributed by atoms with Crippen LogP contribution in [0.4, 0.5) is 17.3 Å². The number of nitrogen functional groups attached to an aromatic ring is 1. The number of aromatic nitrogens is 3. The summed E-state index contributed by atoms with van der Waals surface area (Å²) in [6, 6.07) is 11.7. The van der Waals surface area contributed by atoms with E-state index in [1.165, 1.54) is 0 Å². The van der Waals surface area contributed by atoms with Gasteiger partial charge in [0.05, 0.1) is 11.2 Å². The van der Waals surface area contributed by atoms with E-state index in [1.54, 1.807) is 12.3 Å². The molecule has 2 aromatic heterocycles. The summed E-state index contributed by atoms with van der Waals surface area (Å²) in [4.78, 5) is 13.2. The normalized spacial score (nSPS) is 10.7. The molecule has 0 saturated heterocycles. The highest BCUT2D eigenvalue weighted by Crippen LogP contribution is 2.24. The van der Waals surface area contributed by atoms with Crippen molar-refractivity contribution in [1.82, 2.24) is 15.0 Å². The van der Waals surface area contributed by atoms with Gasteiger partial charge >= 0.3 is 0 Å². The SMILES string of the molecule is CCCc1nc(N)cc(Nc2cccc3cccnc23)n1. The molecule has 5 heteroatoms. The molecule has 0 spiro atoms. The van der Waals surface area contributed by atoms with Crippen LogP contribution in [0.5, 0.6) is 0 Å². The summed E-state index contributed by atoms with van der Waals surface area (Å²) in [6.45, 7) is 2.09. The van der Waals surface area contributed by atoms with Gasteiger partial charge in [-0.2, -0.15) is 0 Å². The first-order valence-electron chi connectivity index (χ1n) is 7.00. The van der Waals surface area contributed by atoms with Crippen molar-refractivity contribution in [3.05, 3.63) is 48.4 Å². The van der Waals surface area contributed by atoms with Crippen molar-refractivity contribution < 1.29 is 0 Å². The Hall–Kier alpha value is -2.69. The van der Waals surface area contributed by atoms with Crippen LogP contribution in [0.25, 0.3) is 10.9 Å². The zero-order valence-electron chi connectivity index (χ0n) is 11.9. The van der Waals surface area contributed by atoms with Crippen molar-refractivity contribution in [3.63, 3.8) is 0 Å². The summed E-state index contributed by atoms with van der Waals surface area (Å²) in [7, 11) is 0. The minimum atomic E-state index is 0.476. The van der Waals surface area contributed by atoms with Crippen molar-refractivity contribution in [3.8, 4) is 0 Å². The van der Waals surface area contributed by atoms with Gasteiger partial charge in [0, 0.05) is 24.1 Å². The number of hydrogen-bond acceptors (Lipinski definition) is 5. The first kappa shape index (κ1) is 13.3. The number of fused-ring (bicyclic) bond motifs is 1. The third-order valence-electron chi connectivity index (χ3n) is 3.16. The van der Waals surface area contributed by atoms with Crippen LogP contribution < -0.4 is 11.1 Å². The maximum Gasteiger partial charge on any atom is 0.136 e. The number of aryl methyl sites for hydroxylation is 1. The van der Waals surface area contributed by atoms with Crippen LogP contribution in [-0.4, -0.2) is 15.0 Å². The average molecular weight is 279 g/mol. The third-order valence-corrected chi connectivity index (χ3v) is 3.16. The molecule has 106 valence electrons. The maximum absolute atomic E-state index is 5.85. The Kier molecular flexibility index (Phi) is 3.64. The van der Waals surface area contributed by atoms with Gasteiger partial charge in [-0.1, -0.05) is 25.1 Å². The Balaban J connectivity index is 1.98. The summed E-state index contributed by atoms with van der Waals surface area (Å²) in [5.74, 6) is 1.93. The largest absolute Gasteiger partial charge is 0.384 e. The molecule has 0 radical (unpaired) electrons. The zero-order chi connectivity index (χ0) is 14.7. The van der Waals surface area contributed by atoms with Crippen molar-refractivity contribution in [1.29, 1.82) is 0 Å². The molecule has 3 aromatic rings. The number of rotatable bonds is 4. The standard InChI is InChI=1S/C16H17N5/c1-2-5-14-20-13(17)10-15(21-14)19-12-8-3-6-11-7-4-9-18-16(11)12/h3-4,6-10H,2,5H2,1H3,(H3,17,19,20,21). The molecule has 0 amide bonds. The molecule has 0 aliphatic heterocycles. The molecule has 3 rings (SSSR count). The smallest absolute Gasteiger partial charge is 0.136 e. The fraction of sp³-hybridized carbons (Fsp3) is 0.188. The molecule has 5 nitrogen and oxygen atoms in total. The van der Waals surface area contributed by atoms with Crippen LogP contribution in [0, 0.1) is 0 Å². The lowest BCUT2D eigenvalue weighted by Gasteiger charge is -2.10. The van der Waals surface area contributed by atoms with E-state index in [-0.39, 0.29) is 0 Å². The molecule has 0 aliphatic rings. The van der Waals surface area contributed by atoms with E-state index in [9.17, 15) is 0 Å². The van der Waals surface area contributed by atoms with Gasteiger partial charge in [0.2, 0.25) is 0 Å². The minimum absolute atomic E-state index is 0.476. The van der Waals surface area contributed by atoms with Crippen molar-refractivity contribution >= 4 is 28.2 Å². The predicted molar refractivity (Wildman–Crippen MR) is 85.5 cm³/mol. The summed E-state index contributed by atoms with van der Waals surface area (Å²) in [6.07, 6.45) is 3.58. The lowest BCUT2D eigenvalue weighted by Crippen LogP contribution is -2.03. The molecular formula is C16H17N5. The van der Waals surface area contributed by atoms with E-state index in [2.05, 4.69) is 27.2 Å². The molecule has 0 aliphatic carbocycles. The number of anilines is 3. The third kappa shape index (κ3) is 2.91. The van der Waals surface area contributed by atoms with Crippen molar-refractivity contribution in [2.45, 2.75) is 19.8 Å². The number of pyridine rings is 1. The van der Waals surface area contributed by atoms with Crippen LogP contribution in [0.1, 0.15) is 19.2 Å². The first-order chi connectivity index (χ1) is 10.3. The van der Waals surface area contributed by atoms with Crippen molar-refractivity contribution in [2.75, 3.05) is 11.1 Å². The molecule has 0 fully saturated rings. The number of nitrogens with two attached hydrogens (primary N) is 1. The van der Waals surface area contributed by atoms with E-state index in [1.807, 2.05) is 30.3 Å². The Morgan fingerprint density at radius 2 is 2.00 bits per heavy atom. The Labute approximate surface area is 123 Å². The van der Waals surface area contributed by atoms with Crippen LogP contribution in [0.2, 0.25) is 0 Å². The van der Waals surface area contributed by atoms with E-state index >= 15 is 0 Å². The quantitative estimate of drug-likeness (QED) is 0.766. The second-order valence-electron chi connectivity index (χ2n) is 4.85.